The molecular formula is C9H17N3. The molecule has 0 saturated carbocycles. The molecule has 12 heavy (non-hydrogen) atoms. The number of rotatable bonds is 4. The number of hydrogen-bond donors (Lipinski definition) is 1. The Morgan fingerprint density at radius 3 is 2.92 bits per heavy atom. The second kappa shape index (κ2) is 4.26. The van der Waals surface area contributed by atoms with Crippen molar-refractivity contribution in [3.05, 3.63) is 18.0 Å². The molecule has 0 amide bonds. The van der Waals surface area contributed by atoms with Gasteiger partial charge < -0.3 is 5.32 Å². The van der Waals surface area contributed by atoms with E-state index in [2.05, 4.69) is 24.3 Å². The van der Waals surface area contributed by atoms with Gasteiger partial charge in [0.25, 0.3) is 0 Å². The summed E-state index contributed by atoms with van der Waals surface area (Å²) in [6.07, 6.45) is 3.13. The minimum atomic E-state index is 0.576. The Bertz CT molecular complexity index is 229. The lowest BCUT2D eigenvalue weighted by Gasteiger charge is -2.08. The van der Waals surface area contributed by atoms with E-state index in [1.54, 1.807) is 0 Å². The Morgan fingerprint density at radius 1 is 1.67 bits per heavy atom. The molecule has 3 heteroatoms. The third kappa shape index (κ3) is 2.66. The molecule has 0 fully saturated rings. The average molecular weight is 167 g/mol. The van der Waals surface area contributed by atoms with Crippen molar-refractivity contribution in [2.45, 2.75) is 32.9 Å². The van der Waals surface area contributed by atoms with Gasteiger partial charge in [0.15, 0.2) is 0 Å². The van der Waals surface area contributed by atoms with Crippen LogP contribution in [-0.2, 0) is 13.6 Å². The summed E-state index contributed by atoms with van der Waals surface area (Å²) < 4.78 is 1.83. The molecule has 1 aromatic rings. The summed E-state index contributed by atoms with van der Waals surface area (Å²) in [6.45, 7) is 5.23. The van der Waals surface area contributed by atoms with Gasteiger partial charge in [-0.2, -0.15) is 5.10 Å². The van der Waals surface area contributed by atoms with Crippen molar-refractivity contribution in [1.29, 1.82) is 0 Å². The summed E-state index contributed by atoms with van der Waals surface area (Å²) in [5.74, 6) is 0. The van der Waals surface area contributed by atoms with Crippen LogP contribution in [0.3, 0.4) is 0 Å². The summed E-state index contributed by atoms with van der Waals surface area (Å²) in [6, 6.07) is 2.61. The van der Waals surface area contributed by atoms with Crippen molar-refractivity contribution >= 4 is 0 Å². The minimum absolute atomic E-state index is 0.576. The van der Waals surface area contributed by atoms with Crippen LogP contribution in [0, 0.1) is 0 Å². The first kappa shape index (κ1) is 9.26. The zero-order valence-electron chi connectivity index (χ0n) is 8.04. The van der Waals surface area contributed by atoms with E-state index in [9.17, 15) is 0 Å². The molecule has 3 nitrogen and oxygen atoms in total. The first-order chi connectivity index (χ1) is 5.72. The van der Waals surface area contributed by atoms with E-state index >= 15 is 0 Å². The van der Waals surface area contributed by atoms with E-state index in [-0.39, 0.29) is 0 Å². The fourth-order valence-electron chi connectivity index (χ4n) is 0.981. The molecule has 0 radical (unpaired) electrons. The Hall–Kier alpha value is -0.830. The van der Waals surface area contributed by atoms with E-state index in [1.807, 2.05) is 24.0 Å². The maximum atomic E-state index is 4.27. The highest BCUT2D eigenvalue weighted by Crippen LogP contribution is 1.95. The number of nitrogens with zero attached hydrogens (tertiary/aromatic N) is 2. The highest BCUT2D eigenvalue weighted by atomic mass is 15.3. The molecule has 68 valence electrons. The fourth-order valence-corrected chi connectivity index (χ4v) is 0.981. The van der Waals surface area contributed by atoms with Gasteiger partial charge in [0.1, 0.15) is 0 Å². The van der Waals surface area contributed by atoms with Gasteiger partial charge in [0.05, 0.1) is 5.69 Å². The smallest absolute Gasteiger partial charge is 0.0762 e. The van der Waals surface area contributed by atoms with Crippen molar-refractivity contribution in [3.8, 4) is 0 Å². The van der Waals surface area contributed by atoms with Gasteiger partial charge in [-0.15, -0.1) is 0 Å². The van der Waals surface area contributed by atoms with Gasteiger partial charge in [-0.3, -0.25) is 4.68 Å². The summed E-state index contributed by atoms with van der Waals surface area (Å²) in [7, 11) is 1.94. The molecule has 1 heterocycles. The quantitative estimate of drug-likeness (QED) is 0.732. The molecule has 0 aromatic carbocycles. The molecule has 1 unspecified atom stereocenters. The van der Waals surface area contributed by atoms with Crippen LogP contribution < -0.4 is 5.32 Å². The van der Waals surface area contributed by atoms with Crippen LogP contribution in [0.15, 0.2) is 12.3 Å². The lowest BCUT2D eigenvalue weighted by Crippen LogP contribution is -2.24. The third-order valence-corrected chi connectivity index (χ3v) is 2.01. The first-order valence-electron chi connectivity index (χ1n) is 4.44. The zero-order valence-corrected chi connectivity index (χ0v) is 8.04. The zero-order chi connectivity index (χ0) is 8.97. The highest BCUT2D eigenvalue weighted by molar-refractivity contribution is 4.98. The number of hydrogen-bond acceptors (Lipinski definition) is 2. The summed E-state index contributed by atoms with van der Waals surface area (Å²) in [5, 5.41) is 7.66. The van der Waals surface area contributed by atoms with Crippen molar-refractivity contribution in [3.63, 3.8) is 0 Å². The molecule has 0 spiro atoms. The van der Waals surface area contributed by atoms with Crippen LogP contribution >= 0.6 is 0 Å². The number of nitrogens with one attached hydrogen (secondary N) is 1. The van der Waals surface area contributed by atoms with Crippen molar-refractivity contribution in [2.24, 2.45) is 7.05 Å². The van der Waals surface area contributed by atoms with Gasteiger partial charge in [0.2, 0.25) is 0 Å². The second-order valence-electron chi connectivity index (χ2n) is 3.17. The van der Waals surface area contributed by atoms with Gasteiger partial charge in [-0.05, 0) is 19.4 Å². The lowest BCUT2D eigenvalue weighted by molar-refractivity contribution is 0.525. The van der Waals surface area contributed by atoms with Gasteiger partial charge in [-0.1, -0.05) is 6.92 Å². The van der Waals surface area contributed by atoms with E-state index in [1.165, 1.54) is 0 Å². The van der Waals surface area contributed by atoms with Crippen LogP contribution in [-0.4, -0.2) is 15.8 Å². The highest BCUT2D eigenvalue weighted by Gasteiger charge is 1.99. The predicted molar refractivity (Wildman–Crippen MR) is 49.8 cm³/mol. The SMILES string of the molecule is CCC(C)NCc1ccn(C)n1. The van der Waals surface area contributed by atoms with Gasteiger partial charge >= 0.3 is 0 Å². The normalized spacial score (nSPS) is 13.2. The van der Waals surface area contributed by atoms with Crippen LogP contribution in [0.1, 0.15) is 26.0 Å². The molecule has 1 N–H and O–H groups in total. The Labute approximate surface area is 73.8 Å². The molecule has 0 bridgehead atoms. The number of aromatic nitrogens is 2. The summed E-state index contributed by atoms with van der Waals surface area (Å²) in [5.41, 5.74) is 1.11. The Balaban J connectivity index is 2.33. The molecule has 1 atom stereocenters. The molecule has 1 rings (SSSR count). The standard InChI is InChI=1S/C9H17N3/c1-4-8(2)10-7-9-5-6-12(3)11-9/h5-6,8,10H,4,7H2,1-3H3. The minimum Gasteiger partial charge on any atom is -0.309 e. The molecule has 0 saturated heterocycles. The van der Waals surface area contributed by atoms with Crippen molar-refractivity contribution < 1.29 is 0 Å². The monoisotopic (exact) mass is 167 g/mol. The van der Waals surface area contributed by atoms with E-state index in [4.69, 9.17) is 0 Å². The maximum Gasteiger partial charge on any atom is 0.0762 e. The largest absolute Gasteiger partial charge is 0.309 e. The Morgan fingerprint density at radius 2 is 2.42 bits per heavy atom. The van der Waals surface area contributed by atoms with Gasteiger partial charge in [-0.25, -0.2) is 0 Å². The second-order valence-corrected chi connectivity index (χ2v) is 3.17. The summed E-state index contributed by atoms with van der Waals surface area (Å²) in [4.78, 5) is 0. The van der Waals surface area contributed by atoms with Crippen LogP contribution in [0.4, 0.5) is 0 Å². The molecular weight excluding hydrogens is 150 g/mol. The summed E-state index contributed by atoms with van der Waals surface area (Å²) >= 11 is 0. The van der Waals surface area contributed by atoms with Gasteiger partial charge in [0, 0.05) is 25.8 Å². The fraction of sp³-hybridized carbons (Fsp3) is 0.667. The third-order valence-electron chi connectivity index (χ3n) is 2.01. The molecule has 0 aliphatic heterocycles. The average Bonchev–Trinajstić information content (AvgIpc) is 2.47. The number of aryl methyl sites for hydroxylation is 1. The molecule has 0 aliphatic carbocycles. The van der Waals surface area contributed by atoms with E-state index in [0.717, 1.165) is 18.7 Å². The van der Waals surface area contributed by atoms with Crippen LogP contribution in [0.25, 0.3) is 0 Å². The van der Waals surface area contributed by atoms with Crippen LogP contribution in [0.2, 0.25) is 0 Å². The van der Waals surface area contributed by atoms with E-state index in [0.29, 0.717) is 6.04 Å². The Kier molecular flexibility index (Phi) is 3.29. The maximum absolute atomic E-state index is 4.27. The topological polar surface area (TPSA) is 29.9 Å². The molecule has 0 aliphatic rings. The van der Waals surface area contributed by atoms with E-state index < -0.39 is 0 Å². The van der Waals surface area contributed by atoms with Crippen molar-refractivity contribution in [2.75, 3.05) is 0 Å². The first-order valence-corrected chi connectivity index (χ1v) is 4.44. The molecule has 1 aromatic heterocycles. The lowest BCUT2D eigenvalue weighted by atomic mass is 10.2. The van der Waals surface area contributed by atoms with Crippen molar-refractivity contribution in [1.82, 2.24) is 15.1 Å². The van der Waals surface area contributed by atoms with Crippen LogP contribution in [0.5, 0.6) is 0 Å². The predicted octanol–water partition coefficient (Wildman–Crippen LogP) is 1.31.